The number of rotatable bonds is 6. The minimum Gasteiger partial charge on any atom is -0.482 e. The highest BCUT2D eigenvalue weighted by Crippen LogP contribution is 2.36. The molecule has 0 radical (unpaired) electrons. The summed E-state index contributed by atoms with van der Waals surface area (Å²) in [6, 6.07) is 1.84. The second-order valence-electron chi connectivity index (χ2n) is 9.78. The van der Waals surface area contributed by atoms with E-state index in [9.17, 15) is 18.0 Å². The van der Waals surface area contributed by atoms with E-state index in [0.717, 1.165) is 30.2 Å². The molecule has 11 heteroatoms. The topological polar surface area (TPSA) is 89.5 Å². The SMILES string of the molecule is CC(C)(C)CC(=O)Nc1nc2c(cc1OC1COC1)N(Cc1cnc(C(F)(F)F)cn1)CCC2. The molecule has 0 saturated carbocycles. The molecule has 0 aliphatic carbocycles. The van der Waals surface area contributed by atoms with Crippen LogP contribution in [0.2, 0.25) is 0 Å². The largest absolute Gasteiger partial charge is 0.482 e. The summed E-state index contributed by atoms with van der Waals surface area (Å²) in [5.41, 5.74) is 0.802. The van der Waals surface area contributed by atoms with Gasteiger partial charge in [-0.05, 0) is 18.3 Å². The van der Waals surface area contributed by atoms with Crippen molar-refractivity contribution in [3.63, 3.8) is 0 Å². The lowest BCUT2D eigenvalue weighted by atomic mass is 9.92. The minimum absolute atomic E-state index is 0.129. The van der Waals surface area contributed by atoms with E-state index < -0.39 is 11.9 Å². The number of pyridine rings is 1. The molecule has 8 nitrogen and oxygen atoms in total. The lowest BCUT2D eigenvalue weighted by Gasteiger charge is -2.33. The number of fused-ring (bicyclic) bond motifs is 1. The van der Waals surface area contributed by atoms with Gasteiger partial charge < -0.3 is 19.7 Å². The fourth-order valence-electron chi connectivity index (χ4n) is 3.78. The number of alkyl halides is 3. The molecule has 2 aromatic rings. The third-order valence-electron chi connectivity index (χ3n) is 5.42. The monoisotopic (exact) mass is 479 g/mol. The number of nitrogens with zero attached hydrogens (tertiary/aromatic N) is 4. The molecule has 4 heterocycles. The molecule has 2 aliphatic rings. The van der Waals surface area contributed by atoms with E-state index >= 15 is 0 Å². The number of anilines is 2. The Kier molecular flexibility index (Phi) is 6.66. The summed E-state index contributed by atoms with van der Waals surface area (Å²) in [6.45, 7) is 7.82. The van der Waals surface area contributed by atoms with Gasteiger partial charge in [-0.3, -0.25) is 9.78 Å². The number of carbonyl (C=O) groups excluding carboxylic acids is 1. The predicted molar refractivity (Wildman–Crippen MR) is 119 cm³/mol. The smallest absolute Gasteiger partial charge is 0.434 e. The van der Waals surface area contributed by atoms with E-state index in [1.54, 1.807) is 0 Å². The Morgan fingerprint density at radius 3 is 2.59 bits per heavy atom. The van der Waals surface area contributed by atoms with Gasteiger partial charge >= 0.3 is 6.18 Å². The van der Waals surface area contributed by atoms with Crippen molar-refractivity contribution >= 4 is 17.4 Å². The fourth-order valence-corrected chi connectivity index (χ4v) is 3.78. The molecule has 1 saturated heterocycles. The van der Waals surface area contributed by atoms with Gasteiger partial charge in [0.1, 0.15) is 6.10 Å². The summed E-state index contributed by atoms with van der Waals surface area (Å²) in [5.74, 6) is 0.665. The lowest BCUT2D eigenvalue weighted by molar-refractivity contribution is -0.141. The van der Waals surface area contributed by atoms with Gasteiger partial charge in [0.05, 0.1) is 49.2 Å². The molecule has 2 aromatic heterocycles. The van der Waals surface area contributed by atoms with Gasteiger partial charge in [0.15, 0.2) is 17.3 Å². The number of amides is 1. The third-order valence-corrected chi connectivity index (χ3v) is 5.42. The van der Waals surface area contributed by atoms with Crippen molar-refractivity contribution in [3.8, 4) is 5.75 Å². The van der Waals surface area contributed by atoms with Crippen LogP contribution in [0.3, 0.4) is 0 Å². The molecule has 1 fully saturated rings. The molecular weight excluding hydrogens is 451 g/mol. The van der Waals surface area contributed by atoms with E-state index in [1.807, 2.05) is 31.7 Å². The maximum absolute atomic E-state index is 12.8. The number of hydrogen-bond donors (Lipinski definition) is 1. The van der Waals surface area contributed by atoms with Crippen LogP contribution in [0.1, 0.15) is 50.7 Å². The molecule has 2 aliphatic heterocycles. The maximum atomic E-state index is 12.8. The van der Waals surface area contributed by atoms with Crippen molar-refractivity contribution in [2.24, 2.45) is 5.41 Å². The Labute approximate surface area is 195 Å². The van der Waals surface area contributed by atoms with Crippen LogP contribution >= 0.6 is 0 Å². The molecule has 1 amide bonds. The highest BCUT2D eigenvalue weighted by molar-refractivity contribution is 5.92. The first-order chi connectivity index (χ1) is 16.0. The van der Waals surface area contributed by atoms with Crippen molar-refractivity contribution in [1.29, 1.82) is 0 Å². The molecule has 1 N–H and O–H groups in total. The number of aryl methyl sites for hydroxylation is 1. The maximum Gasteiger partial charge on any atom is 0.434 e. The van der Waals surface area contributed by atoms with Gasteiger partial charge in [0, 0.05) is 19.0 Å². The molecule has 4 rings (SSSR count). The first-order valence-corrected chi connectivity index (χ1v) is 11.2. The average Bonchev–Trinajstić information content (AvgIpc) is 2.69. The molecule has 34 heavy (non-hydrogen) atoms. The minimum atomic E-state index is -4.53. The number of aromatic nitrogens is 3. The van der Waals surface area contributed by atoms with Crippen LogP contribution in [0.4, 0.5) is 24.7 Å². The van der Waals surface area contributed by atoms with Crippen LogP contribution in [-0.4, -0.2) is 46.7 Å². The molecule has 0 atom stereocenters. The van der Waals surface area contributed by atoms with Crippen LogP contribution in [0.5, 0.6) is 5.75 Å². The molecule has 0 unspecified atom stereocenters. The molecular formula is C23H28F3N5O3. The highest BCUT2D eigenvalue weighted by atomic mass is 19.4. The summed E-state index contributed by atoms with van der Waals surface area (Å²) < 4.78 is 49.7. The quantitative estimate of drug-likeness (QED) is 0.670. The first kappa shape index (κ1) is 24.2. The number of nitrogens with one attached hydrogen (secondary N) is 1. The van der Waals surface area contributed by atoms with Crippen molar-refractivity contribution < 1.29 is 27.4 Å². The van der Waals surface area contributed by atoms with E-state index in [-0.39, 0.29) is 24.0 Å². The van der Waals surface area contributed by atoms with Crippen LogP contribution in [-0.2, 0) is 28.7 Å². The number of ether oxygens (including phenoxy) is 2. The molecule has 0 aromatic carbocycles. The normalized spacial score (nSPS) is 16.6. The Morgan fingerprint density at radius 2 is 2.00 bits per heavy atom. The van der Waals surface area contributed by atoms with Gasteiger partial charge in [-0.15, -0.1) is 0 Å². The summed E-state index contributed by atoms with van der Waals surface area (Å²) in [5, 5.41) is 2.89. The van der Waals surface area contributed by atoms with Crippen LogP contribution < -0.4 is 15.0 Å². The second kappa shape index (κ2) is 9.36. The molecule has 0 bridgehead atoms. The number of hydrogen-bond acceptors (Lipinski definition) is 7. The number of halogens is 3. The Balaban J connectivity index is 1.59. The molecule has 184 valence electrons. The summed E-state index contributed by atoms with van der Waals surface area (Å²) in [6.07, 6.45) is -0.920. The first-order valence-electron chi connectivity index (χ1n) is 11.2. The Morgan fingerprint density at radius 1 is 1.24 bits per heavy atom. The van der Waals surface area contributed by atoms with Crippen LogP contribution in [0.15, 0.2) is 18.5 Å². The van der Waals surface area contributed by atoms with Gasteiger partial charge in [-0.25, -0.2) is 9.97 Å². The Hall–Kier alpha value is -2.95. The van der Waals surface area contributed by atoms with Crippen molar-refractivity contribution in [2.45, 2.75) is 58.9 Å². The third kappa shape index (κ3) is 5.94. The van der Waals surface area contributed by atoms with Crippen molar-refractivity contribution in [1.82, 2.24) is 15.0 Å². The van der Waals surface area contributed by atoms with Crippen LogP contribution in [0, 0.1) is 5.41 Å². The Bertz CT molecular complexity index is 1030. The van der Waals surface area contributed by atoms with Crippen molar-refractivity contribution in [2.75, 3.05) is 30.0 Å². The zero-order chi connectivity index (χ0) is 24.5. The van der Waals surface area contributed by atoms with E-state index in [1.165, 1.54) is 0 Å². The second-order valence-corrected chi connectivity index (χ2v) is 9.78. The summed E-state index contributed by atoms with van der Waals surface area (Å²) >= 11 is 0. The average molecular weight is 480 g/mol. The fraction of sp³-hybridized carbons (Fsp3) is 0.565. The molecule has 0 spiro atoms. The summed E-state index contributed by atoms with van der Waals surface area (Å²) in [4.78, 5) is 26.7. The van der Waals surface area contributed by atoms with Crippen LogP contribution in [0.25, 0.3) is 0 Å². The van der Waals surface area contributed by atoms with Gasteiger partial charge in [0.2, 0.25) is 5.91 Å². The predicted octanol–water partition coefficient (Wildman–Crippen LogP) is 4.00. The van der Waals surface area contributed by atoms with Gasteiger partial charge in [-0.2, -0.15) is 13.2 Å². The van der Waals surface area contributed by atoms with E-state index in [0.29, 0.717) is 49.9 Å². The standard InChI is InChI=1S/C23H28F3N5O3/c1-22(2,3)8-20(32)30-21-18(34-15-12-33-13-15)7-17-16(29-21)5-4-6-31(17)11-14-9-28-19(10-27-14)23(24,25)26/h7,9-10,15H,4-6,8,11-13H2,1-3H3,(H,29,30,32). The highest BCUT2D eigenvalue weighted by Gasteiger charge is 2.33. The zero-order valence-corrected chi connectivity index (χ0v) is 19.4. The lowest BCUT2D eigenvalue weighted by Crippen LogP contribution is -2.39. The van der Waals surface area contributed by atoms with E-state index in [2.05, 4.69) is 15.3 Å². The van der Waals surface area contributed by atoms with E-state index in [4.69, 9.17) is 14.5 Å². The van der Waals surface area contributed by atoms with Gasteiger partial charge in [-0.1, -0.05) is 20.8 Å². The summed E-state index contributed by atoms with van der Waals surface area (Å²) in [7, 11) is 0. The van der Waals surface area contributed by atoms with Gasteiger partial charge in [0.25, 0.3) is 0 Å². The zero-order valence-electron chi connectivity index (χ0n) is 19.4. The van der Waals surface area contributed by atoms with Crippen molar-refractivity contribution in [3.05, 3.63) is 35.5 Å². The number of carbonyl (C=O) groups is 1.